The van der Waals surface area contributed by atoms with Gasteiger partial charge in [-0.15, -0.1) is 0 Å². The number of nitrogens with zero attached hydrogens (tertiary/aromatic N) is 3. The second kappa shape index (κ2) is 5.95. The van der Waals surface area contributed by atoms with E-state index in [0.29, 0.717) is 6.54 Å². The van der Waals surface area contributed by atoms with Gasteiger partial charge in [-0.3, -0.25) is 4.90 Å². The van der Waals surface area contributed by atoms with E-state index in [4.69, 9.17) is 6.57 Å². The molecule has 0 spiro atoms. The highest BCUT2D eigenvalue weighted by Gasteiger charge is 2.15. The zero-order valence-electron chi connectivity index (χ0n) is 8.50. The van der Waals surface area contributed by atoms with Gasteiger partial charge >= 0.3 is 0 Å². The molecular formula is C10H19N3. The van der Waals surface area contributed by atoms with E-state index in [0.717, 1.165) is 19.6 Å². The molecule has 3 heteroatoms. The van der Waals surface area contributed by atoms with Gasteiger partial charge in [0.1, 0.15) is 0 Å². The predicted octanol–water partition coefficient (Wildman–Crippen LogP) is 0.933. The second-order valence-electron chi connectivity index (χ2n) is 3.57. The third-order valence-corrected chi connectivity index (χ3v) is 2.53. The van der Waals surface area contributed by atoms with Crippen LogP contribution in [0, 0.1) is 6.57 Å². The van der Waals surface area contributed by atoms with E-state index < -0.39 is 0 Å². The SMILES string of the molecule is [C-]#[N+]CCN1CCN(CCC)CC1. The van der Waals surface area contributed by atoms with E-state index in [1.54, 1.807) is 0 Å². The summed E-state index contributed by atoms with van der Waals surface area (Å²) >= 11 is 0. The third kappa shape index (κ3) is 3.75. The van der Waals surface area contributed by atoms with Crippen LogP contribution in [0.15, 0.2) is 0 Å². The van der Waals surface area contributed by atoms with E-state index in [2.05, 4.69) is 21.6 Å². The molecule has 1 aliphatic heterocycles. The van der Waals surface area contributed by atoms with Crippen molar-refractivity contribution in [2.75, 3.05) is 45.8 Å². The molecular weight excluding hydrogens is 162 g/mol. The van der Waals surface area contributed by atoms with Gasteiger partial charge in [-0.2, -0.15) is 0 Å². The summed E-state index contributed by atoms with van der Waals surface area (Å²) in [7, 11) is 0. The molecule has 0 bridgehead atoms. The van der Waals surface area contributed by atoms with Gasteiger partial charge in [0.25, 0.3) is 0 Å². The van der Waals surface area contributed by atoms with Crippen molar-refractivity contribution in [3.63, 3.8) is 0 Å². The molecule has 0 aromatic heterocycles. The lowest BCUT2D eigenvalue weighted by Crippen LogP contribution is -2.47. The zero-order valence-corrected chi connectivity index (χ0v) is 8.50. The number of hydrogen-bond donors (Lipinski definition) is 0. The van der Waals surface area contributed by atoms with Gasteiger partial charge in [0.05, 0.1) is 6.54 Å². The van der Waals surface area contributed by atoms with E-state index in [1.165, 1.54) is 26.1 Å². The average Bonchev–Trinajstić information content (AvgIpc) is 2.17. The van der Waals surface area contributed by atoms with Gasteiger partial charge in [-0.05, 0) is 13.0 Å². The highest BCUT2D eigenvalue weighted by atomic mass is 15.3. The van der Waals surface area contributed by atoms with Gasteiger partial charge in [-0.25, -0.2) is 6.57 Å². The highest BCUT2D eigenvalue weighted by Crippen LogP contribution is 2.01. The summed E-state index contributed by atoms with van der Waals surface area (Å²) in [6.07, 6.45) is 1.25. The summed E-state index contributed by atoms with van der Waals surface area (Å²) in [4.78, 5) is 8.28. The number of hydrogen-bond acceptors (Lipinski definition) is 2. The maximum atomic E-state index is 6.71. The quantitative estimate of drug-likeness (QED) is 0.598. The van der Waals surface area contributed by atoms with Crippen molar-refractivity contribution in [1.29, 1.82) is 0 Å². The van der Waals surface area contributed by atoms with Crippen LogP contribution in [0.1, 0.15) is 13.3 Å². The molecule has 1 rings (SSSR count). The average molecular weight is 181 g/mol. The minimum atomic E-state index is 0.660. The summed E-state index contributed by atoms with van der Waals surface area (Å²) in [6.45, 7) is 16.5. The van der Waals surface area contributed by atoms with Gasteiger partial charge in [-0.1, -0.05) is 6.92 Å². The Morgan fingerprint density at radius 1 is 1.08 bits per heavy atom. The van der Waals surface area contributed by atoms with E-state index in [1.807, 2.05) is 0 Å². The molecule has 0 aromatic rings. The Morgan fingerprint density at radius 2 is 1.62 bits per heavy atom. The fourth-order valence-corrected chi connectivity index (χ4v) is 1.74. The van der Waals surface area contributed by atoms with Crippen molar-refractivity contribution in [2.45, 2.75) is 13.3 Å². The lowest BCUT2D eigenvalue weighted by molar-refractivity contribution is 0.137. The van der Waals surface area contributed by atoms with Crippen LogP contribution in [0.3, 0.4) is 0 Å². The van der Waals surface area contributed by atoms with Crippen LogP contribution in [0.2, 0.25) is 0 Å². The van der Waals surface area contributed by atoms with Gasteiger partial charge < -0.3 is 9.74 Å². The van der Waals surface area contributed by atoms with Crippen molar-refractivity contribution in [1.82, 2.24) is 9.80 Å². The Kier molecular flexibility index (Phi) is 4.81. The Balaban J connectivity index is 2.12. The summed E-state index contributed by atoms with van der Waals surface area (Å²) in [5.41, 5.74) is 0. The molecule has 74 valence electrons. The minimum absolute atomic E-state index is 0.660. The van der Waals surface area contributed by atoms with E-state index >= 15 is 0 Å². The van der Waals surface area contributed by atoms with Crippen LogP contribution in [0.4, 0.5) is 0 Å². The smallest absolute Gasteiger partial charge is 0.227 e. The van der Waals surface area contributed by atoms with Crippen LogP contribution in [0.5, 0.6) is 0 Å². The Bertz CT molecular complexity index is 165. The van der Waals surface area contributed by atoms with Crippen molar-refractivity contribution in [3.8, 4) is 0 Å². The number of piperazine rings is 1. The summed E-state index contributed by atoms with van der Waals surface area (Å²) in [5.74, 6) is 0. The zero-order chi connectivity index (χ0) is 9.52. The van der Waals surface area contributed by atoms with Gasteiger partial charge in [0.15, 0.2) is 0 Å². The Hall–Kier alpha value is -0.590. The minimum Gasteiger partial charge on any atom is -0.316 e. The van der Waals surface area contributed by atoms with E-state index in [9.17, 15) is 0 Å². The van der Waals surface area contributed by atoms with Crippen LogP contribution >= 0.6 is 0 Å². The summed E-state index contributed by atoms with van der Waals surface area (Å²) < 4.78 is 0. The first-order valence-electron chi connectivity index (χ1n) is 5.14. The topological polar surface area (TPSA) is 10.8 Å². The van der Waals surface area contributed by atoms with Crippen LogP contribution in [-0.2, 0) is 0 Å². The predicted molar refractivity (Wildman–Crippen MR) is 54.6 cm³/mol. The number of rotatable bonds is 4. The normalized spacial score (nSPS) is 20.0. The third-order valence-electron chi connectivity index (χ3n) is 2.53. The monoisotopic (exact) mass is 181 g/mol. The summed E-state index contributed by atoms with van der Waals surface area (Å²) in [6, 6.07) is 0. The summed E-state index contributed by atoms with van der Waals surface area (Å²) in [5, 5.41) is 0. The van der Waals surface area contributed by atoms with Crippen molar-refractivity contribution >= 4 is 0 Å². The molecule has 3 nitrogen and oxygen atoms in total. The van der Waals surface area contributed by atoms with Crippen LogP contribution in [0.25, 0.3) is 4.85 Å². The van der Waals surface area contributed by atoms with Crippen molar-refractivity contribution in [2.24, 2.45) is 0 Å². The standard InChI is InChI=1S/C10H19N3/c1-3-5-12-7-9-13(10-8-12)6-4-11-2/h3-10H2,1H3. The fourth-order valence-electron chi connectivity index (χ4n) is 1.74. The molecule has 1 heterocycles. The second-order valence-corrected chi connectivity index (χ2v) is 3.57. The lowest BCUT2D eigenvalue weighted by atomic mass is 10.3. The highest BCUT2D eigenvalue weighted by molar-refractivity contribution is 4.74. The van der Waals surface area contributed by atoms with Gasteiger partial charge in [0.2, 0.25) is 6.54 Å². The molecule has 0 amide bonds. The molecule has 1 aliphatic rings. The fraction of sp³-hybridized carbons (Fsp3) is 0.900. The Labute approximate surface area is 81.1 Å². The maximum Gasteiger partial charge on any atom is 0.227 e. The first-order valence-corrected chi connectivity index (χ1v) is 5.14. The van der Waals surface area contributed by atoms with Crippen molar-refractivity contribution < 1.29 is 0 Å². The van der Waals surface area contributed by atoms with Gasteiger partial charge in [0, 0.05) is 26.2 Å². The molecule has 0 unspecified atom stereocenters. The lowest BCUT2D eigenvalue weighted by Gasteiger charge is -2.33. The maximum absolute atomic E-state index is 6.71. The molecule has 0 aromatic carbocycles. The van der Waals surface area contributed by atoms with Crippen LogP contribution < -0.4 is 0 Å². The molecule has 1 saturated heterocycles. The van der Waals surface area contributed by atoms with E-state index in [-0.39, 0.29) is 0 Å². The largest absolute Gasteiger partial charge is 0.316 e. The molecule has 0 saturated carbocycles. The molecule has 1 fully saturated rings. The molecule has 13 heavy (non-hydrogen) atoms. The molecule has 0 N–H and O–H groups in total. The first-order chi connectivity index (χ1) is 6.36. The molecule has 0 atom stereocenters. The molecule has 0 radical (unpaired) electrons. The van der Waals surface area contributed by atoms with Crippen molar-refractivity contribution in [3.05, 3.63) is 11.4 Å². The van der Waals surface area contributed by atoms with Crippen LogP contribution in [-0.4, -0.2) is 55.6 Å². The Morgan fingerprint density at radius 3 is 2.08 bits per heavy atom. The molecule has 0 aliphatic carbocycles. The first kappa shape index (κ1) is 10.5.